The summed E-state index contributed by atoms with van der Waals surface area (Å²) in [6.45, 7) is 3.07. The van der Waals surface area contributed by atoms with Gasteiger partial charge in [-0.3, -0.25) is 14.7 Å². The molecule has 0 aliphatic carbocycles. The summed E-state index contributed by atoms with van der Waals surface area (Å²) < 4.78 is 14.5. The molecule has 1 aromatic carbocycles. The molecule has 1 saturated heterocycles. The maximum atomic E-state index is 13.0. The van der Waals surface area contributed by atoms with Crippen molar-refractivity contribution in [3.63, 3.8) is 0 Å². The van der Waals surface area contributed by atoms with Gasteiger partial charge < -0.3 is 4.90 Å². The average Bonchev–Trinajstić information content (AvgIpc) is 3.03. The summed E-state index contributed by atoms with van der Waals surface area (Å²) in [6.07, 6.45) is 1.50. The number of halogens is 1. The molecule has 0 atom stereocenters. The summed E-state index contributed by atoms with van der Waals surface area (Å²) in [4.78, 5) is 31.1. The molecule has 4 rings (SSSR count). The van der Waals surface area contributed by atoms with Crippen molar-refractivity contribution in [3.05, 3.63) is 69.5 Å². The number of nitrogens with one attached hydrogen (secondary N) is 1. The highest BCUT2D eigenvalue weighted by Gasteiger charge is 2.26. The minimum absolute atomic E-state index is 0.0896. The number of fused-ring (bicyclic) bond motifs is 1. The van der Waals surface area contributed by atoms with E-state index in [0.717, 1.165) is 24.2 Å². The number of carbonyl (C=O) groups excluding carboxylic acids is 1. The van der Waals surface area contributed by atoms with Gasteiger partial charge in [0, 0.05) is 42.4 Å². The van der Waals surface area contributed by atoms with Gasteiger partial charge in [-0.2, -0.15) is 0 Å². The maximum Gasteiger partial charge on any atom is 0.272 e. The first-order chi connectivity index (χ1) is 12.5. The van der Waals surface area contributed by atoms with Gasteiger partial charge in [0.25, 0.3) is 11.5 Å². The third-order valence-corrected chi connectivity index (χ3v) is 4.89. The normalized spacial score (nSPS) is 15.5. The van der Waals surface area contributed by atoms with E-state index in [1.807, 2.05) is 13.0 Å². The molecule has 0 spiro atoms. The van der Waals surface area contributed by atoms with Gasteiger partial charge >= 0.3 is 0 Å². The van der Waals surface area contributed by atoms with Gasteiger partial charge in [-0.1, -0.05) is 0 Å². The molecule has 7 heteroatoms. The van der Waals surface area contributed by atoms with Crippen molar-refractivity contribution in [2.45, 2.75) is 25.7 Å². The number of carbonyl (C=O) groups is 1. The molecular formula is C19H19FN4O2. The van der Waals surface area contributed by atoms with Crippen molar-refractivity contribution in [1.29, 1.82) is 0 Å². The fourth-order valence-corrected chi connectivity index (χ4v) is 3.49. The van der Waals surface area contributed by atoms with Gasteiger partial charge in [0.2, 0.25) is 0 Å². The van der Waals surface area contributed by atoms with Crippen molar-refractivity contribution < 1.29 is 9.18 Å². The lowest BCUT2D eigenvalue weighted by atomic mass is 9.93. The Morgan fingerprint density at radius 3 is 2.58 bits per heavy atom. The summed E-state index contributed by atoms with van der Waals surface area (Å²) in [5.41, 5.74) is 2.65. The second-order valence-corrected chi connectivity index (χ2v) is 6.73. The van der Waals surface area contributed by atoms with Crippen molar-refractivity contribution >= 4 is 11.6 Å². The number of hydrogen-bond acceptors (Lipinski definition) is 3. The van der Waals surface area contributed by atoms with Crippen LogP contribution in [0.4, 0.5) is 4.39 Å². The Labute approximate surface area is 149 Å². The SMILES string of the molecule is Cc1cc2nc(C3CCN(C(=O)c4ccc(F)cc4)CC3)cc(=O)n2[nH]1. The van der Waals surface area contributed by atoms with Crippen molar-refractivity contribution in [3.8, 4) is 0 Å². The number of nitrogens with zero attached hydrogens (tertiary/aromatic N) is 3. The molecule has 1 aliphatic rings. The molecule has 0 radical (unpaired) electrons. The van der Waals surface area contributed by atoms with E-state index >= 15 is 0 Å². The zero-order valence-corrected chi connectivity index (χ0v) is 14.4. The van der Waals surface area contributed by atoms with E-state index in [1.165, 1.54) is 28.8 Å². The zero-order chi connectivity index (χ0) is 18.3. The number of hydrogen-bond donors (Lipinski definition) is 1. The highest BCUT2D eigenvalue weighted by atomic mass is 19.1. The number of aromatic amines is 1. The van der Waals surface area contributed by atoms with Crippen LogP contribution in [0.3, 0.4) is 0 Å². The Morgan fingerprint density at radius 1 is 1.19 bits per heavy atom. The van der Waals surface area contributed by atoms with Crippen molar-refractivity contribution in [2.24, 2.45) is 0 Å². The van der Waals surface area contributed by atoms with Gasteiger partial charge in [0.05, 0.1) is 5.69 Å². The lowest BCUT2D eigenvalue weighted by Crippen LogP contribution is -2.38. The molecule has 0 unspecified atom stereocenters. The van der Waals surface area contributed by atoms with Crippen LogP contribution in [-0.4, -0.2) is 38.5 Å². The number of amides is 1. The topological polar surface area (TPSA) is 70.5 Å². The Balaban J connectivity index is 1.49. The highest BCUT2D eigenvalue weighted by molar-refractivity contribution is 5.94. The number of benzene rings is 1. The first-order valence-electron chi connectivity index (χ1n) is 8.65. The Bertz CT molecular complexity index is 1010. The smallest absolute Gasteiger partial charge is 0.272 e. The Morgan fingerprint density at radius 2 is 1.88 bits per heavy atom. The molecule has 1 N–H and O–H groups in total. The molecule has 1 amide bonds. The fraction of sp³-hybridized carbons (Fsp3) is 0.316. The number of likely N-dealkylation sites (tertiary alicyclic amines) is 1. The fourth-order valence-electron chi connectivity index (χ4n) is 3.49. The molecule has 0 saturated carbocycles. The summed E-state index contributed by atoms with van der Waals surface area (Å²) in [7, 11) is 0. The van der Waals surface area contributed by atoms with E-state index in [0.29, 0.717) is 24.3 Å². The summed E-state index contributed by atoms with van der Waals surface area (Å²) in [6, 6.07) is 9.03. The molecule has 3 aromatic rings. The van der Waals surface area contributed by atoms with Crippen molar-refractivity contribution in [2.75, 3.05) is 13.1 Å². The standard InChI is InChI=1S/C19H19FN4O2/c1-12-10-17-21-16(11-18(25)24(17)22-12)13-6-8-23(9-7-13)19(26)14-2-4-15(20)5-3-14/h2-5,10-11,13,22H,6-9H2,1H3. The van der Waals surface area contributed by atoms with E-state index in [4.69, 9.17) is 0 Å². The van der Waals surface area contributed by atoms with E-state index in [1.54, 1.807) is 11.0 Å². The van der Waals surface area contributed by atoms with E-state index < -0.39 is 0 Å². The monoisotopic (exact) mass is 354 g/mol. The third-order valence-electron chi connectivity index (χ3n) is 4.89. The summed E-state index contributed by atoms with van der Waals surface area (Å²) in [5, 5.41) is 2.96. The van der Waals surface area contributed by atoms with Gasteiger partial charge in [0.1, 0.15) is 5.82 Å². The minimum Gasteiger partial charge on any atom is -0.339 e. The molecule has 0 bridgehead atoms. The predicted molar refractivity (Wildman–Crippen MR) is 94.8 cm³/mol. The second kappa shape index (κ2) is 6.40. The predicted octanol–water partition coefficient (Wildman–Crippen LogP) is 2.49. The van der Waals surface area contributed by atoms with E-state index in [2.05, 4.69) is 10.1 Å². The quantitative estimate of drug-likeness (QED) is 0.769. The largest absolute Gasteiger partial charge is 0.339 e. The lowest BCUT2D eigenvalue weighted by Gasteiger charge is -2.31. The second-order valence-electron chi connectivity index (χ2n) is 6.73. The van der Waals surface area contributed by atoms with Gasteiger partial charge in [-0.25, -0.2) is 13.9 Å². The van der Waals surface area contributed by atoms with Gasteiger partial charge in [0.15, 0.2) is 5.65 Å². The molecule has 3 heterocycles. The average molecular weight is 354 g/mol. The molecule has 26 heavy (non-hydrogen) atoms. The maximum absolute atomic E-state index is 13.0. The summed E-state index contributed by atoms with van der Waals surface area (Å²) >= 11 is 0. The number of piperidine rings is 1. The van der Waals surface area contributed by atoms with Crippen LogP contribution < -0.4 is 5.56 Å². The molecule has 1 fully saturated rings. The number of rotatable bonds is 2. The molecular weight excluding hydrogens is 335 g/mol. The van der Waals surface area contributed by atoms with E-state index in [-0.39, 0.29) is 23.2 Å². The number of aromatic nitrogens is 3. The van der Waals surface area contributed by atoms with Crippen LogP contribution in [0.1, 0.15) is 40.5 Å². The zero-order valence-electron chi connectivity index (χ0n) is 14.4. The van der Waals surface area contributed by atoms with Gasteiger partial charge in [-0.15, -0.1) is 0 Å². The Hall–Kier alpha value is -2.96. The Kier molecular flexibility index (Phi) is 4.06. The van der Waals surface area contributed by atoms with Crippen LogP contribution in [0.15, 0.2) is 41.2 Å². The van der Waals surface area contributed by atoms with Crippen LogP contribution in [0.5, 0.6) is 0 Å². The van der Waals surface area contributed by atoms with Crippen LogP contribution in [0, 0.1) is 12.7 Å². The first kappa shape index (κ1) is 16.5. The highest BCUT2D eigenvalue weighted by Crippen LogP contribution is 2.27. The van der Waals surface area contributed by atoms with Crippen LogP contribution in [0.2, 0.25) is 0 Å². The van der Waals surface area contributed by atoms with Crippen LogP contribution in [-0.2, 0) is 0 Å². The van der Waals surface area contributed by atoms with E-state index in [9.17, 15) is 14.0 Å². The molecule has 2 aromatic heterocycles. The summed E-state index contributed by atoms with van der Waals surface area (Å²) in [5.74, 6) is -0.290. The lowest BCUT2D eigenvalue weighted by molar-refractivity contribution is 0.0712. The number of aryl methyl sites for hydroxylation is 1. The minimum atomic E-state index is -0.354. The first-order valence-corrected chi connectivity index (χ1v) is 8.65. The molecule has 6 nitrogen and oxygen atoms in total. The third kappa shape index (κ3) is 3.00. The van der Waals surface area contributed by atoms with Gasteiger partial charge in [-0.05, 0) is 44.0 Å². The van der Waals surface area contributed by atoms with Crippen LogP contribution in [0.25, 0.3) is 5.65 Å². The van der Waals surface area contributed by atoms with Crippen molar-refractivity contribution in [1.82, 2.24) is 19.5 Å². The van der Waals surface area contributed by atoms with Crippen LogP contribution >= 0.6 is 0 Å². The number of H-pyrrole nitrogens is 1. The molecule has 1 aliphatic heterocycles. The molecule has 134 valence electrons.